The smallest absolute Gasteiger partial charge is 0.303 e. The number of imidazole rings is 1. The fourth-order valence-electron chi connectivity index (χ4n) is 4.56. The van der Waals surface area contributed by atoms with Gasteiger partial charge in [-0.2, -0.15) is 0 Å². The Bertz CT molecular complexity index is 1300. The second kappa shape index (κ2) is 17.9. The van der Waals surface area contributed by atoms with Crippen LogP contribution in [0.2, 0.25) is 0 Å². The second-order valence-electron chi connectivity index (χ2n) is 10.4. The number of carboxylic acid groups (broad SMARTS) is 3. The van der Waals surface area contributed by atoms with E-state index in [2.05, 4.69) is 15.6 Å². The van der Waals surface area contributed by atoms with Crippen molar-refractivity contribution < 1.29 is 47.7 Å². The summed E-state index contributed by atoms with van der Waals surface area (Å²) in [6.45, 7) is 1.43. The number of carboxylic acids is 3. The number of aromatic nitrogens is 2. The number of hydrogen-bond acceptors (Lipinski definition) is 9. The van der Waals surface area contributed by atoms with Crippen LogP contribution in [-0.4, -0.2) is 75.8 Å². The van der Waals surface area contributed by atoms with Crippen LogP contribution >= 0.6 is 0 Å². The Morgan fingerprint density at radius 3 is 2.00 bits per heavy atom. The van der Waals surface area contributed by atoms with Gasteiger partial charge in [-0.15, -0.1) is 0 Å². The summed E-state index contributed by atoms with van der Waals surface area (Å²) < 4.78 is 29.8. The van der Waals surface area contributed by atoms with Gasteiger partial charge in [-0.25, -0.2) is 18.5 Å². The minimum Gasteiger partial charge on any atom is -0.494 e. The molecule has 0 radical (unpaired) electrons. The van der Waals surface area contributed by atoms with E-state index >= 15 is 0 Å². The summed E-state index contributed by atoms with van der Waals surface area (Å²) >= 11 is 0. The van der Waals surface area contributed by atoms with E-state index in [9.17, 15) is 27.6 Å². The topological polar surface area (TPSA) is 240 Å². The first-order valence-corrected chi connectivity index (χ1v) is 15.8. The van der Waals surface area contributed by atoms with Gasteiger partial charge < -0.3 is 35.3 Å². The molecule has 1 aromatic heterocycles. The van der Waals surface area contributed by atoms with Crippen molar-refractivity contribution in [2.45, 2.75) is 87.7 Å². The summed E-state index contributed by atoms with van der Waals surface area (Å²) in [5.74, 6) is -2.76. The molecule has 0 atom stereocenters. The van der Waals surface area contributed by atoms with Crippen LogP contribution in [0.5, 0.6) is 5.75 Å². The zero-order chi connectivity index (χ0) is 32.6. The average Bonchev–Trinajstić information content (AvgIpc) is 3.38. The summed E-state index contributed by atoms with van der Waals surface area (Å²) in [5, 5.41) is 38.6. The van der Waals surface area contributed by atoms with E-state index in [1.807, 2.05) is 0 Å². The fourth-order valence-corrected chi connectivity index (χ4v) is 5.08. The number of sulfonamides is 1. The summed E-state index contributed by atoms with van der Waals surface area (Å²) in [6, 6.07) is 5.92. The minimum atomic E-state index is -3.74. The third-order valence-electron chi connectivity index (χ3n) is 6.92. The summed E-state index contributed by atoms with van der Waals surface area (Å²) in [5.41, 5.74) is -1.30. The lowest BCUT2D eigenvalue weighted by Crippen LogP contribution is -2.50. The minimum absolute atomic E-state index is 0.0269. The highest BCUT2D eigenvalue weighted by Crippen LogP contribution is 2.26. The van der Waals surface area contributed by atoms with Gasteiger partial charge in [0.05, 0.1) is 18.0 Å². The van der Waals surface area contributed by atoms with Gasteiger partial charge in [-0.3, -0.25) is 19.2 Å². The molecule has 0 unspecified atom stereocenters. The first kappa shape index (κ1) is 36.2. The molecule has 0 bridgehead atoms. The number of nitrogens with zero attached hydrogens (tertiary/aromatic N) is 2. The van der Waals surface area contributed by atoms with E-state index in [-0.39, 0.29) is 50.0 Å². The van der Waals surface area contributed by atoms with Crippen molar-refractivity contribution >= 4 is 33.8 Å². The molecule has 2 rings (SSSR count). The summed E-state index contributed by atoms with van der Waals surface area (Å²) in [4.78, 5) is 51.0. The van der Waals surface area contributed by atoms with Crippen molar-refractivity contribution in [1.82, 2.24) is 20.2 Å². The second-order valence-corrected chi connectivity index (χ2v) is 12.0. The van der Waals surface area contributed by atoms with Crippen molar-refractivity contribution in [3.05, 3.63) is 42.5 Å². The number of primary sulfonamides is 1. The number of carbonyl (C=O) groups is 4. The Morgan fingerprint density at radius 1 is 0.886 bits per heavy atom. The van der Waals surface area contributed by atoms with Crippen LogP contribution in [0.25, 0.3) is 0 Å². The molecule has 0 saturated carbocycles. The van der Waals surface area contributed by atoms with E-state index in [4.69, 9.17) is 25.2 Å². The Labute approximate surface area is 255 Å². The predicted molar refractivity (Wildman–Crippen MR) is 157 cm³/mol. The molecule has 1 heterocycles. The van der Waals surface area contributed by atoms with Gasteiger partial charge in [-0.1, -0.05) is 12.8 Å². The zero-order valence-electron chi connectivity index (χ0n) is 24.4. The Kier molecular flexibility index (Phi) is 14.8. The number of unbranched alkanes of at least 4 members (excludes halogenated alkanes) is 3. The molecule has 2 aromatic rings. The third-order valence-corrected chi connectivity index (χ3v) is 7.85. The maximum atomic E-state index is 13.0. The van der Waals surface area contributed by atoms with Crippen LogP contribution in [0.4, 0.5) is 0 Å². The molecule has 0 fully saturated rings. The lowest BCUT2D eigenvalue weighted by atomic mass is 9.83. The van der Waals surface area contributed by atoms with E-state index < -0.39 is 39.4 Å². The molecule has 0 spiro atoms. The van der Waals surface area contributed by atoms with Gasteiger partial charge >= 0.3 is 17.9 Å². The number of ether oxygens (including phenoxy) is 1. The molecular formula is C28H41N5O10S. The quantitative estimate of drug-likeness (QED) is 0.0953. The number of hydrogen-bond donors (Lipinski definition) is 6. The monoisotopic (exact) mass is 639 g/mol. The zero-order valence-corrected chi connectivity index (χ0v) is 25.3. The van der Waals surface area contributed by atoms with Gasteiger partial charge in [0.15, 0.2) is 0 Å². The van der Waals surface area contributed by atoms with Gasteiger partial charge in [0.25, 0.3) is 0 Å². The van der Waals surface area contributed by atoms with Crippen LogP contribution in [0.1, 0.15) is 70.0 Å². The number of benzene rings is 1. The van der Waals surface area contributed by atoms with Gasteiger partial charge in [0.1, 0.15) is 18.1 Å². The molecule has 0 saturated heterocycles. The van der Waals surface area contributed by atoms with Gasteiger partial charge in [0, 0.05) is 37.2 Å². The molecule has 44 heavy (non-hydrogen) atoms. The number of nitrogens with two attached hydrogens (primary N) is 1. The van der Waals surface area contributed by atoms with E-state index in [0.717, 1.165) is 25.7 Å². The van der Waals surface area contributed by atoms with E-state index in [0.29, 0.717) is 31.3 Å². The van der Waals surface area contributed by atoms with Crippen molar-refractivity contribution in [2.24, 2.45) is 5.14 Å². The summed E-state index contributed by atoms with van der Waals surface area (Å²) in [7, 11) is -3.74. The highest BCUT2D eigenvalue weighted by atomic mass is 32.2. The van der Waals surface area contributed by atoms with Gasteiger partial charge in [-0.05, 0) is 62.9 Å². The highest BCUT2D eigenvalue weighted by molar-refractivity contribution is 7.89. The van der Waals surface area contributed by atoms with Crippen molar-refractivity contribution in [2.75, 3.05) is 13.2 Å². The Morgan fingerprint density at radius 2 is 1.45 bits per heavy atom. The van der Waals surface area contributed by atoms with E-state index in [1.54, 1.807) is 29.1 Å². The molecule has 7 N–H and O–H groups in total. The van der Waals surface area contributed by atoms with E-state index in [1.165, 1.54) is 12.1 Å². The highest BCUT2D eigenvalue weighted by Gasteiger charge is 2.33. The normalized spacial score (nSPS) is 11.7. The van der Waals surface area contributed by atoms with Crippen LogP contribution in [0.3, 0.4) is 0 Å². The first-order valence-electron chi connectivity index (χ1n) is 14.2. The number of amides is 1. The SMILES string of the molecule is NS(=O)(=O)c1ccc(OCCCCCCNCc2nccn2CC(=O)NC(CCC(=O)O)(CCC(=O)O)CCC(=O)O)cc1. The Balaban J connectivity index is 1.77. The molecule has 1 amide bonds. The number of aliphatic carboxylic acids is 3. The van der Waals surface area contributed by atoms with Crippen molar-refractivity contribution in [3.63, 3.8) is 0 Å². The first-order chi connectivity index (χ1) is 20.8. The van der Waals surface area contributed by atoms with Crippen molar-refractivity contribution in [3.8, 4) is 5.75 Å². The molecule has 16 heteroatoms. The van der Waals surface area contributed by atoms with Gasteiger partial charge in [0.2, 0.25) is 15.9 Å². The molecule has 1 aromatic carbocycles. The molecule has 0 aliphatic carbocycles. The standard InChI is InChI=1S/C28H41N5O10S/c29-44(41,42)22-7-5-21(6-8-22)43-18-4-2-1-3-15-30-19-23-31-16-17-33(23)20-24(34)32-28(12-9-25(35)36,13-10-26(37)38)14-11-27(39)40/h5-8,16-17,30H,1-4,9-15,18-20H2,(H,32,34)(H,35,36)(H,37,38)(H,39,40)(H2,29,41,42). The predicted octanol–water partition coefficient (Wildman–Crippen LogP) is 1.71. The maximum absolute atomic E-state index is 13.0. The number of rotatable bonds is 23. The molecule has 15 nitrogen and oxygen atoms in total. The van der Waals surface area contributed by atoms with Crippen molar-refractivity contribution in [1.29, 1.82) is 0 Å². The van der Waals surface area contributed by atoms with Crippen LogP contribution < -0.4 is 20.5 Å². The fraction of sp³-hybridized carbons (Fsp3) is 0.536. The third kappa shape index (κ3) is 14.0. The maximum Gasteiger partial charge on any atom is 0.303 e. The molecule has 244 valence electrons. The van der Waals surface area contributed by atoms with Crippen LogP contribution in [-0.2, 0) is 42.3 Å². The Hall–Kier alpha value is -4.02. The average molecular weight is 640 g/mol. The number of carbonyl (C=O) groups excluding carboxylic acids is 1. The number of nitrogens with one attached hydrogen (secondary N) is 2. The molecule has 0 aliphatic heterocycles. The lowest BCUT2D eigenvalue weighted by molar-refractivity contribution is -0.139. The summed E-state index contributed by atoms with van der Waals surface area (Å²) in [6.07, 6.45) is 5.37. The van der Waals surface area contributed by atoms with Crippen LogP contribution in [0, 0.1) is 0 Å². The molecular weight excluding hydrogens is 598 g/mol. The van der Waals surface area contributed by atoms with Crippen LogP contribution in [0.15, 0.2) is 41.6 Å². The molecule has 0 aliphatic rings. The largest absolute Gasteiger partial charge is 0.494 e. The lowest BCUT2D eigenvalue weighted by Gasteiger charge is -2.34.